The molecule has 7 heteroatoms. The van der Waals surface area contributed by atoms with Crippen molar-refractivity contribution in [3.8, 4) is 11.5 Å². The van der Waals surface area contributed by atoms with E-state index in [-0.39, 0.29) is 18.5 Å². The Kier molecular flexibility index (Phi) is 4.67. The number of ether oxygens (including phenoxy) is 1. The molecular formula is C18H15BrN2O3S. The second-order valence-corrected chi connectivity index (χ2v) is 7.81. The lowest BCUT2D eigenvalue weighted by Gasteiger charge is -2.08. The van der Waals surface area contributed by atoms with Crippen LogP contribution in [-0.4, -0.2) is 16.2 Å². The van der Waals surface area contributed by atoms with Crippen molar-refractivity contribution in [1.82, 2.24) is 10.2 Å². The minimum absolute atomic E-state index is 0.0289. The van der Waals surface area contributed by atoms with Crippen molar-refractivity contribution in [2.45, 2.75) is 32.3 Å². The molecule has 5 nitrogen and oxygen atoms in total. The topological polar surface area (TPSA) is 65.2 Å². The first-order chi connectivity index (χ1) is 12.2. The summed E-state index contributed by atoms with van der Waals surface area (Å²) in [4.78, 5) is 14.2. The van der Waals surface area contributed by atoms with Crippen molar-refractivity contribution in [2.75, 3.05) is 0 Å². The lowest BCUT2D eigenvalue weighted by atomic mass is 9.99. The van der Waals surface area contributed by atoms with Gasteiger partial charge in [-0.05, 0) is 65.4 Å². The minimum atomic E-state index is -0.333. The third-order valence-corrected chi connectivity index (χ3v) is 6.00. The molecule has 0 spiro atoms. The average molecular weight is 419 g/mol. The van der Waals surface area contributed by atoms with Gasteiger partial charge in [0.25, 0.3) is 5.89 Å². The standard InChI is InChI=1S/C18H15BrN2O3S/c19-13-7-3-2-6-12(13)17-21-20-16(24-17)10-23-18(22)15-9-11-5-1-4-8-14(11)25-15/h2-3,6-7,9H,1,4-5,8,10H2. The normalized spacial score (nSPS) is 13.5. The number of aromatic nitrogens is 2. The van der Waals surface area contributed by atoms with E-state index in [0.717, 1.165) is 22.9 Å². The van der Waals surface area contributed by atoms with Crippen LogP contribution in [-0.2, 0) is 24.2 Å². The van der Waals surface area contributed by atoms with Gasteiger partial charge in [0.2, 0.25) is 5.89 Å². The van der Waals surface area contributed by atoms with Gasteiger partial charge in [0.1, 0.15) is 4.88 Å². The summed E-state index contributed by atoms with van der Waals surface area (Å²) < 4.78 is 11.8. The molecule has 2 heterocycles. The van der Waals surface area contributed by atoms with Crippen LogP contribution in [0.2, 0.25) is 0 Å². The highest BCUT2D eigenvalue weighted by molar-refractivity contribution is 9.10. The van der Waals surface area contributed by atoms with Gasteiger partial charge in [-0.3, -0.25) is 0 Å². The summed E-state index contributed by atoms with van der Waals surface area (Å²) in [5.74, 6) is 0.338. The van der Waals surface area contributed by atoms with Crippen LogP contribution < -0.4 is 0 Å². The SMILES string of the molecule is O=C(OCc1nnc(-c2ccccc2Br)o1)c1cc2c(s1)CCCC2. The predicted octanol–water partition coefficient (Wildman–Crippen LogP) is 4.80. The molecule has 1 aromatic carbocycles. The molecule has 0 radical (unpaired) electrons. The fraction of sp³-hybridized carbons (Fsp3) is 0.278. The Morgan fingerprint density at radius 1 is 1.24 bits per heavy atom. The van der Waals surface area contributed by atoms with Crippen LogP contribution in [0, 0.1) is 0 Å². The van der Waals surface area contributed by atoms with Gasteiger partial charge in [0.05, 0.1) is 5.56 Å². The number of aryl methyl sites for hydroxylation is 2. The smallest absolute Gasteiger partial charge is 0.348 e. The van der Waals surface area contributed by atoms with E-state index in [1.807, 2.05) is 30.3 Å². The number of esters is 1. The number of halogens is 1. The zero-order valence-electron chi connectivity index (χ0n) is 13.3. The van der Waals surface area contributed by atoms with Gasteiger partial charge in [0.15, 0.2) is 6.61 Å². The van der Waals surface area contributed by atoms with E-state index < -0.39 is 0 Å². The third-order valence-electron chi connectivity index (χ3n) is 4.10. The number of carbonyl (C=O) groups excluding carboxylic acids is 1. The Balaban J connectivity index is 1.42. The van der Waals surface area contributed by atoms with Crippen molar-refractivity contribution >= 4 is 33.2 Å². The van der Waals surface area contributed by atoms with Crippen molar-refractivity contribution in [3.63, 3.8) is 0 Å². The van der Waals surface area contributed by atoms with Gasteiger partial charge >= 0.3 is 5.97 Å². The number of hydrogen-bond donors (Lipinski definition) is 0. The average Bonchev–Trinajstić information content (AvgIpc) is 3.27. The Morgan fingerprint density at radius 2 is 2.08 bits per heavy atom. The summed E-state index contributed by atoms with van der Waals surface area (Å²) in [7, 11) is 0. The Morgan fingerprint density at radius 3 is 2.92 bits per heavy atom. The van der Waals surface area contributed by atoms with Crippen LogP contribution in [0.1, 0.15) is 38.8 Å². The number of hydrogen-bond acceptors (Lipinski definition) is 6. The fourth-order valence-corrected chi connectivity index (χ4v) is 4.45. The fourth-order valence-electron chi connectivity index (χ4n) is 2.85. The molecule has 0 saturated heterocycles. The van der Waals surface area contributed by atoms with Crippen LogP contribution in [0.4, 0.5) is 0 Å². The zero-order valence-corrected chi connectivity index (χ0v) is 15.7. The third kappa shape index (κ3) is 3.52. The first kappa shape index (κ1) is 16.5. The molecule has 1 aliphatic carbocycles. The van der Waals surface area contributed by atoms with Gasteiger partial charge in [-0.25, -0.2) is 4.79 Å². The van der Waals surface area contributed by atoms with E-state index in [9.17, 15) is 4.79 Å². The Labute approximate surface area is 157 Å². The van der Waals surface area contributed by atoms with Crippen molar-refractivity contribution in [2.24, 2.45) is 0 Å². The Hall–Kier alpha value is -1.99. The Bertz CT molecular complexity index is 895. The predicted molar refractivity (Wildman–Crippen MR) is 97.5 cm³/mol. The first-order valence-corrected chi connectivity index (χ1v) is 9.67. The largest absolute Gasteiger partial charge is 0.451 e. The maximum absolute atomic E-state index is 12.3. The maximum Gasteiger partial charge on any atom is 0.348 e. The van der Waals surface area contributed by atoms with E-state index in [1.165, 1.54) is 34.6 Å². The second-order valence-electron chi connectivity index (χ2n) is 5.82. The van der Waals surface area contributed by atoms with E-state index >= 15 is 0 Å². The summed E-state index contributed by atoms with van der Waals surface area (Å²) in [6.07, 6.45) is 4.50. The molecule has 1 aliphatic rings. The van der Waals surface area contributed by atoms with Crippen LogP contribution >= 0.6 is 27.3 Å². The van der Waals surface area contributed by atoms with Gasteiger partial charge in [-0.1, -0.05) is 12.1 Å². The van der Waals surface area contributed by atoms with Crippen LogP contribution in [0.5, 0.6) is 0 Å². The number of nitrogens with zero attached hydrogens (tertiary/aromatic N) is 2. The number of rotatable bonds is 4. The van der Waals surface area contributed by atoms with E-state index in [0.29, 0.717) is 10.8 Å². The number of thiophene rings is 1. The molecule has 2 aromatic heterocycles. The molecule has 0 N–H and O–H groups in total. The minimum Gasteiger partial charge on any atom is -0.451 e. The molecule has 4 rings (SSSR count). The van der Waals surface area contributed by atoms with E-state index in [4.69, 9.17) is 9.15 Å². The van der Waals surface area contributed by atoms with Gasteiger partial charge in [0, 0.05) is 9.35 Å². The molecule has 0 unspecified atom stereocenters. The van der Waals surface area contributed by atoms with Crippen molar-refractivity contribution in [1.29, 1.82) is 0 Å². The molecule has 0 fully saturated rings. The van der Waals surface area contributed by atoms with Crippen molar-refractivity contribution in [3.05, 3.63) is 56.0 Å². The van der Waals surface area contributed by atoms with Gasteiger partial charge < -0.3 is 9.15 Å². The molecule has 0 bridgehead atoms. The molecule has 128 valence electrons. The van der Waals surface area contributed by atoms with Crippen LogP contribution in [0.3, 0.4) is 0 Å². The summed E-state index contributed by atoms with van der Waals surface area (Å²) in [5, 5.41) is 7.97. The van der Waals surface area contributed by atoms with Crippen molar-refractivity contribution < 1.29 is 13.9 Å². The van der Waals surface area contributed by atoms with Gasteiger partial charge in [-0.2, -0.15) is 0 Å². The first-order valence-electron chi connectivity index (χ1n) is 8.06. The molecule has 25 heavy (non-hydrogen) atoms. The zero-order chi connectivity index (χ0) is 17.2. The molecule has 0 amide bonds. The second kappa shape index (κ2) is 7.09. The number of carbonyl (C=O) groups is 1. The molecular weight excluding hydrogens is 404 g/mol. The number of fused-ring (bicyclic) bond motifs is 1. The molecule has 3 aromatic rings. The van der Waals surface area contributed by atoms with Gasteiger partial charge in [-0.15, -0.1) is 21.5 Å². The monoisotopic (exact) mass is 418 g/mol. The lowest BCUT2D eigenvalue weighted by molar-refractivity contribution is 0.0444. The molecule has 0 atom stereocenters. The number of benzene rings is 1. The molecule has 0 aliphatic heterocycles. The van der Waals surface area contributed by atoms with Crippen LogP contribution in [0.15, 0.2) is 39.2 Å². The quantitative estimate of drug-likeness (QED) is 0.569. The lowest BCUT2D eigenvalue weighted by Crippen LogP contribution is -2.03. The van der Waals surface area contributed by atoms with E-state index in [2.05, 4.69) is 26.1 Å². The van der Waals surface area contributed by atoms with E-state index in [1.54, 1.807) is 0 Å². The highest BCUT2D eigenvalue weighted by Gasteiger charge is 2.19. The summed E-state index contributed by atoms with van der Waals surface area (Å²) in [6, 6.07) is 9.54. The highest BCUT2D eigenvalue weighted by Crippen LogP contribution is 2.30. The highest BCUT2D eigenvalue weighted by atomic mass is 79.9. The summed E-state index contributed by atoms with van der Waals surface area (Å²) in [5.41, 5.74) is 2.09. The summed E-state index contributed by atoms with van der Waals surface area (Å²) in [6.45, 7) is -0.0289. The van der Waals surface area contributed by atoms with Crippen LogP contribution in [0.25, 0.3) is 11.5 Å². The molecule has 0 saturated carbocycles. The summed E-state index contributed by atoms with van der Waals surface area (Å²) >= 11 is 4.99. The maximum atomic E-state index is 12.3.